The Morgan fingerprint density at radius 3 is 2.70 bits per heavy atom. The van der Waals surface area contributed by atoms with Crippen LogP contribution in [0.3, 0.4) is 0 Å². The average Bonchev–Trinajstić information content (AvgIpc) is 2.34. The third kappa shape index (κ3) is 1.26. The number of nitrogens with two attached hydrogens (primary N) is 1. The summed E-state index contributed by atoms with van der Waals surface area (Å²) in [7, 11) is 0. The first kappa shape index (κ1) is 7.05. The van der Waals surface area contributed by atoms with E-state index in [2.05, 4.69) is 17.1 Å². The van der Waals surface area contributed by atoms with Crippen LogP contribution in [0.4, 0.5) is 6.01 Å². The van der Waals surface area contributed by atoms with Crippen molar-refractivity contribution in [3.63, 3.8) is 0 Å². The first-order chi connectivity index (χ1) is 4.74. The van der Waals surface area contributed by atoms with Gasteiger partial charge >= 0.3 is 6.01 Å². The van der Waals surface area contributed by atoms with Gasteiger partial charge in [0.25, 0.3) is 0 Å². The molecule has 0 aromatic carbocycles. The van der Waals surface area contributed by atoms with E-state index >= 15 is 0 Å². The van der Waals surface area contributed by atoms with Crippen LogP contribution in [-0.4, -0.2) is 10.2 Å². The van der Waals surface area contributed by atoms with Gasteiger partial charge < -0.3 is 10.2 Å². The van der Waals surface area contributed by atoms with Gasteiger partial charge in [0.1, 0.15) is 0 Å². The first-order valence-electron chi connectivity index (χ1n) is 3.33. The minimum Gasteiger partial charge on any atom is -0.408 e. The van der Waals surface area contributed by atoms with Gasteiger partial charge in [-0.05, 0) is 6.42 Å². The molecule has 1 rings (SSSR count). The van der Waals surface area contributed by atoms with Crippen LogP contribution in [0.5, 0.6) is 0 Å². The molecule has 0 fully saturated rings. The number of nitrogen functional groups attached to an aromatic ring is 1. The molecule has 1 unspecified atom stereocenters. The summed E-state index contributed by atoms with van der Waals surface area (Å²) < 4.78 is 4.99. The standard InChI is InChI=1S/C6H11N3O/c1-3-4(2)5-8-9-6(7)10-5/h4H,3H2,1-2H3,(H2,7,9). The molecule has 1 heterocycles. The zero-order valence-electron chi connectivity index (χ0n) is 6.16. The lowest BCUT2D eigenvalue weighted by molar-refractivity contribution is 0.465. The minimum atomic E-state index is 0.148. The third-order valence-electron chi connectivity index (χ3n) is 1.49. The fraction of sp³-hybridized carbons (Fsp3) is 0.667. The molecular weight excluding hydrogens is 130 g/mol. The van der Waals surface area contributed by atoms with Crippen molar-refractivity contribution in [1.82, 2.24) is 10.2 Å². The predicted molar refractivity (Wildman–Crippen MR) is 37.4 cm³/mol. The molecule has 1 atom stereocenters. The smallest absolute Gasteiger partial charge is 0.312 e. The Morgan fingerprint density at radius 1 is 1.60 bits per heavy atom. The summed E-state index contributed by atoms with van der Waals surface area (Å²) in [5.74, 6) is 0.935. The Bertz CT molecular complexity index is 209. The Kier molecular flexibility index (Phi) is 1.89. The highest BCUT2D eigenvalue weighted by Gasteiger charge is 2.09. The summed E-state index contributed by atoms with van der Waals surface area (Å²) in [5, 5.41) is 7.29. The lowest BCUT2D eigenvalue weighted by Crippen LogP contribution is -1.90. The summed E-state index contributed by atoms with van der Waals surface area (Å²) in [6, 6.07) is 0.148. The molecule has 10 heavy (non-hydrogen) atoms. The Hall–Kier alpha value is -1.06. The van der Waals surface area contributed by atoms with Crippen molar-refractivity contribution in [2.75, 3.05) is 5.73 Å². The zero-order chi connectivity index (χ0) is 7.56. The average molecular weight is 141 g/mol. The molecule has 0 bridgehead atoms. The van der Waals surface area contributed by atoms with Crippen LogP contribution in [0.15, 0.2) is 4.42 Å². The Labute approximate surface area is 59.4 Å². The largest absolute Gasteiger partial charge is 0.408 e. The van der Waals surface area contributed by atoms with Gasteiger partial charge in [0, 0.05) is 5.92 Å². The van der Waals surface area contributed by atoms with E-state index in [4.69, 9.17) is 10.2 Å². The van der Waals surface area contributed by atoms with Crippen LogP contribution in [-0.2, 0) is 0 Å². The van der Waals surface area contributed by atoms with Gasteiger partial charge in [0.05, 0.1) is 0 Å². The molecule has 0 aliphatic carbocycles. The van der Waals surface area contributed by atoms with Crippen molar-refractivity contribution in [3.8, 4) is 0 Å². The molecule has 4 heteroatoms. The van der Waals surface area contributed by atoms with Gasteiger partial charge in [-0.2, -0.15) is 0 Å². The Morgan fingerprint density at radius 2 is 2.30 bits per heavy atom. The summed E-state index contributed by atoms with van der Waals surface area (Å²) in [4.78, 5) is 0. The number of hydrogen-bond acceptors (Lipinski definition) is 4. The molecule has 0 saturated heterocycles. The van der Waals surface area contributed by atoms with E-state index in [0.717, 1.165) is 6.42 Å². The second-order valence-electron chi connectivity index (χ2n) is 2.29. The van der Waals surface area contributed by atoms with Crippen LogP contribution in [0.1, 0.15) is 32.1 Å². The summed E-state index contributed by atoms with van der Waals surface area (Å²) >= 11 is 0. The van der Waals surface area contributed by atoms with E-state index in [1.807, 2.05) is 6.92 Å². The molecule has 0 aliphatic heterocycles. The molecule has 2 N–H and O–H groups in total. The van der Waals surface area contributed by atoms with Crippen molar-refractivity contribution in [2.24, 2.45) is 0 Å². The molecule has 0 amide bonds. The van der Waals surface area contributed by atoms with E-state index in [1.165, 1.54) is 0 Å². The second-order valence-corrected chi connectivity index (χ2v) is 2.29. The van der Waals surface area contributed by atoms with Crippen LogP contribution >= 0.6 is 0 Å². The number of aromatic nitrogens is 2. The van der Waals surface area contributed by atoms with Gasteiger partial charge in [-0.3, -0.25) is 0 Å². The maximum atomic E-state index is 5.23. The van der Waals surface area contributed by atoms with Crippen LogP contribution in [0, 0.1) is 0 Å². The van der Waals surface area contributed by atoms with E-state index in [0.29, 0.717) is 11.8 Å². The van der Waals surface area contributed by atoms with Gasteiger partial charge in [-0.1, -0.05) is 18.9 Å². The lowest BCUT2D eigenvalue weighted by atomic mass is 10.1. The second kappa shape index (κ2) is 2.68. The normalized spacial score (nSPS) is 13.4. The molecule has 0 radical (unpaired) electrons. The van der Waals surface area contributed by atoms with E-state index in [-0.39, 0.29) is 6.01 Å². The highest BCUT2D eigenvalue weighted by atomic mass is 16.4. The van der Waals surface area contributed by atoms with Crippen LogP contribution in [0.25, 0.3) is 0 Å². The Balaban J connectivity index is 2.74. The molecule has 1 aromatic rings. The topological polar surface area (TPSA) is 64.9 Å². The van der Waals surface area contributed by atoms with E-state index in [9.17, 15) is 0 Å². The third-order valence-corrected chi connectivity index (χ3v) is 1.49. The van der Waals surface area contributed by atoms with Crippen molar-refractivity contribution < 1.29 is 4.42 Å². The SMILES string of the molecule is CCC(C)c1nnc(N)o1. The number of nitrogens with zero attached hydrogens (tertiary/aromatic N) is 2. The number of hydrogen-bond donors (Lipinski definition) is 1. The van der Waals surface area contributed by atoms with Gasteiger partial charge in [-0.15, -0.1) is 5.10 Å². The monoisotopic (exact) mass is 141 g/mol. The predicted octanol–water partition coefficient (Wildman–Crippen LogP) is 1.17. The van der Waals surface area contributed by atoms with Crippen LogP contribution < -0.4 is 5.73 Å². The van der Waals surface area contributed by atoms with Gasteiger partial charge in [-0.25, -0.2) is 0 Å². The van der Waals surface area contributed by atoms with E-state index in [1.54, 1.807) is 0 Å². The molecular formula is C6H11N3O. The fourth-order valence-corrected chi connectivity index (χ4v) is 0.620. The van der Waals surface area contributed by atoms with Crippen molar-refractivity contribution in [2.45, 2.75) is 26.2 Å². The molecule has 56 valence electrons. The number of rotatable bonds is 2. The molecule has 4 nitrogen and oxygen atoms in total. The quantitative estimate of drug-likeness (QED) is 0.671. The summed E-state index contributed by atoms with van der Waals surface area (Å²) in [6.07, 6.45) is 0.988. The molecule has 0 aliphatic rings. The lowest BCUT2D eigenvalue weighted by Gasteiger charge is -1.98. The van der Waals surface area contributed by atoms with E-state index < -0.39 is 0 Å². The highest BCUT2D eigenvalue weighted by molar-refractivity contribution is 5.06. The van der Waals surface area contributed by atoms with Gasteiger partial charge in [0.2, 0.25) is 5.89 Å². The molecule has 0 saturated carbocycles. The maximum Gasteiger partial charge on any atom is 0.312 e. The zero-order valence-corrected chi connectivity index (χ0v) is 6.16. The first-order valence-corrected chi connectivity index (χ1v) is 3.33. The van der Waals surface area contributed by atoms with Crippen LogP contribution in [0.2, 0.25) is 0 Å². The van der Waals surface area contributed by atoms with Crippen molar-refractivity contribution in [3.05, 3.63) is 5.89 Å². The molecule has 0 spiro atoms. The molecule has 1 aromatic heterocycles. The van der Waals surface area contributed by atoms with Crippen molar-refractivity contribution in [1.29, 1.82) is 0 Å². The fourth-order valence-electron chi connectivity index (χ4n) is 0.620. The summed E-state index contributed by atoms with van der Waals surface area (Å²) in [5.41, 5.74) is 5.23. The summed E-state index contributed by atoms with van der Waals surface area (Å²) in [6.45, 7) is 4.08. The van der Waals surface area contributed by atoms with Gasteiger partial charge in [0.15, 0.2) is 0 Å². The maximum absolute atomic E-state index is 5.23. The van der Waals surface area contributed by atoms with Crippen molar-refractivity contribution >= 4 is 6.01 Å². The highest BCUT2D eigenvalue weighted by Crippen LogP contribution is 2.16. The minimum absolute atomic E-state index is 0.148. The number of anilines is 1.